The van der Waals surface area contributed by atoms with Crippen LogP contribution in [0.4, 0.5) is 0 Å². The lowest BCUT2D eigenvalue weighted by Crippen LogP contribution is -2.51. The van der Waals surface area contributed by atoms with E-state index in [1.165, 1.54) is 0 Å². The molecule has 140 valence electrons. The summed E-state index contributed by atoms with van der Waals surface area (Å²) in [5, 5.41) is 13.2. The maximum atomic E-state index is 11.8. The molecule has 2 rings (SSSR count). The van der Waals surface area contributed by atoms with Gasteiger partial charge in [-0.25, -0.2) is 0 Å². The number of aliphatic hydroxyl groups is 1. The highest BCUT2D eigenvalue weighted by Gasteiger charge is 2.44. The number of nitrogens with two attached hydrogens (primary N) is 1. The van der Waals surface area contributed by atoms with Gasteiger partial charge in [-0.1, -0.05) is 61.3 Å². The molecule has 2 aromatic carbocycles. The Hall–Kier alpha value is -1.32. The first-order valence-electron chi connectivity index (χ1n) is 8.71. The number of rotatable bonds is 6. The Morgan fingerprint density at radius 1 is 1.00 bits per heavy atom. The third-order valence-electron chi connectivity index (χ3n) is 5.44. The third kappa shape index (κ3) is 4.32. The molecule has 0 saturated carbocycles. The Balaban J connectivity index is 2.56. The maximum Gasteiger partial charge on any atom is 0.0962 e. The summed E-state index contributed by atoms with van der Waals surface area (Å²) in [6, 6.07) is 15.3. The number of hydrogen-bond acceptors (Lipinski definition) is 2. The highest BCUT2D eigenvalue weighted by atomic mass is 35.5. The summed E-state index contributed by atoms with van der Waals surface area (Å²) in [7, 11) is 0. The molecule has 4 heteroatoms. The van der Waals surface area contributed by atoms with Gasteiger partial charge in [-0.15, -0.1) is 0 Å². The van der Waals surface area contributed by atoms with E-state index in [-0.39, 0.29) is 0 Å². The molecule has 0 fully saturated rings. The zero-order valence-corrected chi connectivity index (χ0v) is 17.3. The highest BCUT2D eigenvalue weighted by Crippen LogP contribution is 2.42. The van der Waals surface area contributed by atoms with E-state index in [1.807, 2.05) is 76.2 Å². The first-order chi connectivity index (χ1) is 12.1. The van der Waals surface area contributed by atoms with E-state index >= 15 is 0 Å². The summed E-state index contributed by atoms with van der Waals surface area (Å²) < 4.78 is 0. The van der Waals surface area contributed by atoms with Gasteiger partial charge in [0, 0.05) is 28.4 Å². The Kier molecular flexibility index (Phi) is 6.57. The number of hydrogen-bond donors (Lipinski definition) is 2. The first-order valence-corrected chi connectivity index (χ1v) is 9.47. The van der Waals surface area contributed by atoms with E-state index in [4.69, 9.17) is 28.9 Å². The number of allylic oxidation sites excluding steroid dienone is 1. The molecule has 0 saturated heterocycles. The van der Waals surface area contributed by atoms with E-state index in [9.17, 15) is 5.11 Å². The van der Waals surface area contributed by atoms with Crippen molar-refractivity contribution in [3.05, 3.63) is 75.3 Å². The average molecular weight is 392 g/mol. The molecule has 0 spiro atoms. The molecule has 2 nitrogen and oxygen atoms in total. The van der Waals surface area contributed by atoms with Crippen LogP contribution < -0.4 is 5.73 Å². The molecule has 26 heavy (non-hydrogen) atoms. The Labute approximate surface area is 166 Å². The van der Waals surface area contributed by atoms with Crippen molar-refractivity contribution in [2.24, 2.45) is 11.1 Å². The van der Waals surface area contributed by atoms with Gasteiger partial charge in [0.2, 0.25) is 0 Å². The predicted octanol–water partition coefficient (Wildman–Crippen LogP) is 5.75. The molecule has 0 heterocycles. The zero-order valence-electron chi connectivity index (χ0n) is 15.8. The van der Waals surface area contributed by atoms with Crippen LogP contribution in [0.25, 0.3) is 5.57 Å². The topological polar surface area (TPSA) is 46.2 Å². The van der Waals surface area contributed by atoms with Crippen LogP contribution >= 0.6 is 23.2 Å². The van der Waals surface area contributed by atoms with Crippen LogP contribution in [0.15, 0.2) is 54.1 Å². The largest absolute Gasteiger partial charge is 0.385 e. The van der Waals surface area contributed by atoms with Gasteiger partial charge in [-0.05, 0) is 60.4 Å². The first kappa shape index (κ1) is 21.0. The summed E-state index contributed by atoms with van der Waals surface area (Å²) in [5.74, 6) is 0. The Morgan fingerprint density at radius 3 is 2.15 bits per heavy atom. The van der Waals surface area contributed by atoms with Crippen LogP contribution in [0.3, 0.4) is 0 Å². The lowest BCUT2D eigenvalue weighted by molar-refractivity contribution is -0.0287. The molecule has 1 atom stereocenters. The van der Waals surface area contributed by atoms with Crippen LogP contribution in [0, 0.1) is 5.41 Å². The van der Waals surface area contributed by atoms with Crippen molar-refractivity contribution in [2.75, 3.05) is 6.54 Å². The van der Waals surface area contributed by atoms with E-state index in [1.54, 1.807) is 0 Å². The standard InChI is InChI=1S/C22H27Cl2NO/c1-15(18-8-10-19(23)11-9-18)16(2)22(26,21(3,4)14-25)13-17-6-5-7-20(24)12-17/h5-12,26H,13-14,25H2,1-4H3. The molecular formula is C22H27Cl2NO. The SMILES string of the molecule is CC(=C(C)C(O)(Cc1cccc(Cl)c1)C(C)(C)CN)c1ccc(Cl)cc1. The highest BCUT2D eigenvalue weighted by molar-refractivity contribution is 6.30. The van der Waals surface area contributed by atoms with Gasteiger partial charge in [-0.2, -0.15) is 0 Å². The maximum absolute atomic E-state index is 11.8. The molecule has 2 aromatic rings. The molecular weight excluding hydrogens is 365 g/mol. The van der Waals surface area contributed by atoms with Crippen LogP contribution in [0.2, 0.25) is 10.0 Å². The van der Waals surface area contributed by atoms with Crippen molar-refractivity contribution in [2.45, 2.75) is 39.7 Å². The zero-order chi connectivity index (χ0) is 19.5. The van der Waals surface area contributed by atoms with E-state index < -0.39 is 11.0 Å². The molecule has 0 aliphatic rings. The number of benzene rings is 2. The van der Waals surface area contributed by atoms with Crippen LogP contribution in [0.1, 0.15) is 38.8 Å². The molecule has 3 N–H and O–H groups in total. The van der Waals surface area contributed by atoms with Gasteiger partial charge in [0.15, 0.2) is 0 Å². The third-order valence-corrected chi connectivity index (χ3v) is 5.93. The van der Waals surface area contributed by atoms with Crippen molar-refractivity contribution < 1.29 is 5.11 Å². The fraction of sp³-hybridized carbons (Fsp3) is 0.364. The monoisotopic (exact) mass is 391 g/mol. The second kappa shape index (κ2) is 8.14. The van der Waals surface area contributed by atoms with Crippen molar-refractivity contribution in [1.82, 2.24) is 0 Å². The van der Waals surface area contributed by atoms with Gasteiger partial charge in [0.05, 0.1) is 5.60 Å². The van der Waals surface area contributed by atoms with E-state index in [0.717, 1.165) is 22.3 Å². The van der Waals surface area contributed by atoms with Crippen LogP contribution in [-0.4, -0.2) is 17.3 Å². The summed E-state index contributed by atoms with van der Waals surface area (Å²) in [6.07, 6.45) is 0.439. The van der Waals surface area contributed by atoms with Gasteiger partial charge < -0.3 is 10.8 Å². The van der Waals surface area contributed by atoms with Gasteiger partial charge in [-0.3, -0.25) is 0 Å². The van der Waals surface area contributed by atoms with Crippen molar-refractivity contribution in [1.29, 1.82) is 0 Å². The summed E-state index contributed by atoms with van der Waals surface area (Å²) in [6.45, 7) is 8.35. The lowest BCUT2D eigenvalue weighted by Gasteiger charge is -2.44. The fourth-order valence-corrected chi connectivity index (χ4v) is 3.56. The molecule has 1 unspecified atom stereocenters. The van der Waals surface area contributed by atoms with Gasteiger partial charge in [0.1, 0.15) is 0 Å². The van der Waals surface area contributed by atoms with Crippen molar-refractivity contribution >= 4 is 28.8 Å². The molecule has 0 aliphatic heterocycles. The molecule has 0 aromatic heterocycles. The molecule has 0 radical (unpaired) electrons. The quantitative estimate of drug-likeness (QED) is 0.658. The molecule has 0 amide bonds. The minimum absolute atomic E-state index is 0.356. The predicted molar refractivity (Wildman–Crippen MR) is 113 cm³/mol. The minimum Gasteiger partial charge on any atom is -0.385 e. The summed E-state index contributed by atoms with van der Waals surface area (Å²) >= 11 is 12.2. The lowest BCUT2D eigenvalue weighted by atomic mass is 9.66. The second-order valence-electron chi connectivity index (χ2n) is 7.51. The molecule has 0 aliphatic carbocycles. The fourth-order valence-electron chi connectivity index (χ4n) is 3.22. The van der Waals surface area contributed by atoms with Crippen LogP contribution in [-0.2, 0) is 6.42 Å². The van der Waals surface area contributed by atoms with Crippen molar-refractivity contribution in [3.8, 4) is 0 Å². The van der Waals surface area contributed by atoms with Gasteiger partial charge >= 0.3 is 0 Å². The Bertz CT molecular complexity index is 796. The smallest absolute Gasteiger partial charge is 0.0962 e. The van der Waals surface area contributed by atoms with E-state index in [2.05, 4.69) is 0 Å². The summed E-state index contributed by atoms with van der Waals surface area (Å²) in [5.41, 5.74) is 8.34. The van der Waals surface area contributed by atoms with E-state index in [0.29, 0.717) is 23.0 Å². The normalized spacial score (nSPS) is 15.4. The Morgan fingerprint density at radius 2 is 1.62 bits per heavy atom. The van der Waals surface area contributed by atoms with Crippen LogP contribution in [0.5, 0.6) is 0 Å². The second-order valence-corrected chi connectivity index (χ2v) is 8.38. The van der Waals surface area contributed by atoms with Gasteiger partial charge in [0.25, 0.3) is 0 Å². The molecule has 0 bridgehead atoms. The average Bonchev–Trinajstić information content (AvgIpc) is 2.60. The van der Waals surface area contributed by atoms with Crippen molar-refractivity contribution in [3.63, 3.8) is 0 Å². The number of halogens is 2. The minimum atomic E-state index is -1.11. The summed E-state index contributed by atoms with van der Waals surface area (Å²) in [4.78, 5) is 0.